The molecule has 1 aromatic carbocycles. The van der Waals surface area contributed by atoms with Gasteiger partial charge in [0, 0.05) is 44.1 Å². The van der Waals surface area contributed by atoms with Crippen LogP contribution in [0, 0.1) is 0 Å². The summed E-state index contributed by atoms with van der Waals surface area (Å²) < 4.78 is 6.20. The summed E-state index contributed by atoms with van der Waals surface area (Å²) in [6, 6.07) is 14.2. The first kappa shape index (κ1) is 18.1. The number of ether oxygens (including phenoxy) is 1. The maximum absolute atomic E-state index is 12.8. The summed E-state index contributed by atoms with van der Waals surface area (Å²) >= 11 is 0. The maximum atomic E-state index is 12.8. The van der Waals surface area contributed by atoms with Crippen LogP contribution < -0.4 is 0 Å². The Bertz CT molecular complexity index is 743. The third kappa shape index (κ3) is 4.37. The van der Waals surface area contributed by atoms with Gasteiger partial charge in [-0.15, -0.1) is 0 Å². The number of hydrogen-bond donors (Lipinski definition) is 0. The van der Waals surface area contributed by atoms with Crippen LogP contribution in [-0.4, -0.2) is 65.6 Å². The van der Waals surface area contributed by atoms with Crippen LogP contribution in [0.4, 0.5) is 0 Å². The molecule has 0 saturated carbocycles. The predicted molar refractivity (Wildman–Crippen MR) is 105 cm³/mol. The van der Waals surface area contributed by atoms with Crippen molar-refractivity contribution in [2.45, 2.75) is 24.9 Å². The SMILES string of the molecule is O=C(c1ccncc1)N1CCOC2(CCN(CCc3ccccc3)CC2)C1. The minimum absolute atomic E-state index is 0.0894. The predicted octanol–water partition coefficient (Wildman–Crippen LogP) is 2.63. The quantitative estimate of drug-likeness (QED) is 0.836. The Labute approximate surface area is 161 Å². The van der Waals surface area contributed by atoms with E-state index in [4.69, 9.17) is 4.74 Å². The number of likely N-dealkylation sites (tertiary alicyclic amines) is 1. The number of amides is 1. The van der Waals surface area contributed by atoms with Crippen LogP contribution in [0.3, 0.4) is 0 Å². The van der Waals surface area contributed by atoms with Crippen LogP contribution in [0.25, 0.3) is 0 Å². The molecular weight excluding hydrogens is 338 g/mol. The van der Waals surface area contributed by atoms with Crippen molar-refractivity contribution in [1.29, 1.82) is 0 Å². The molecule has 142 valence electrons. The average Bonchev–Trinajstić information content (AvgIpc) is 2.74. The second kappa shape index (κ2) is 8.19. The Morgan fingerprint density at radius 1 is 1.04 bits per heavy atom. The smallest absolute Gasteiger partial charge is 0.254 e. The van der Waals surface area contributed by atoms with E-state index in [1.165, 1.54) is 5.56 Å². The van der Waals surface area contributed by atoms with Gasteiger partial charge in [0.25, 0.3) is 5.91 Å². The lowest BCUT2D eigenvalue weighted by atomic mass is 9.89. The topological polar surface area (TPSA) is 45.7 Å². The minimum atomic E-state index is -0.176. The summed E-state index contributed by atoms with van der Waals surface area (Å²) in [5.41, 5.74) is 1.92. The van der Waals surface area contributed by atoms with E-state index in [0.29, 0.717) is 25.3 Å². The van der Waals surface area contributed by atoms with E-state index in [9.17, 15) is 4.79 Å². The second-order valence-corrected chi connectivity index (χ2v) is 7.57. The third-order valence-electron chi connectivity index (χ3n) is 5.79. The number of benzene rings is 1. The molecule has 5 heteroatoms. The van der Waals surface area contributed by atoms with Crippen LogP contribution in [0.2, 0.25) is 0 Å². The summed E-state index contributed by atoms with van der Waals surface area (Å²) in [6.45, 7) is 5.14. The highest BCUT2D eigenvalue weighted by Crippen LogP contribution is 2.30. The number of carbonyl (C=O) groups is 1. The molecule has 0 atom stereocenters. The Morgan fingerprint density at radius 2 is 1.78 bits per heavy atom. The van der Waals surface area contributed by atoms with Crippen molar-refractivity contribution in [2.24, 2.45) is 0 Å². The van der Waals surface area contributed by atoms with E-state index in [1.54, 1.807) is 24.5 Å². The van der Waals surface area contributed by atoms with Crippen LogP contribution in [0.1, 0.15) is 28.8 Å². The lowest BCUT2D eigenvalue weighted by molar-refractivity contribution is -0.127. The highest BCUT2D eigenvalue weighted by molar-refractivity contribution is 5.94. The average molecular weight is 365 g/mol. The number of nitrogens with zero attached hydrogens (tertiary/aromatic N) is 3. The van der Waals surface area contributed by atoms with Crippen molar-refractivity contribution in [3.05, 3.63) is 66.0 Å². The molecule has 2 aliphatic heterocycles. The second-order valence-electron chi connectivity index (χ2n) is 7.57. The summed E-state index contributed by atoms with van der Waals surface area (Å²) in [7, 11) is 0. The van der Waals surface area contributed by atoms with E-state index >= 15 is 0 Å². The van der Waals surface area contributed by atoms with Crippen molar-refractivity contribution in [3.63, 3.8) is 0 Å². The van der Waals surface area contributed by atoms with Gasteiger partial charge in [-0.05, 0) is 37.0 Å². The fourth-order valence-corrected chi connectivity index (χ4v) is 4.11. The molecule has 1 aromatic heterocycles. The lowest BCUT2D eigenvalue weighted by Crippen LogP contribution is -2.58. The number of carbonyl (C=O) groups excluding carboxylic acids is 1. The van der Waals surface area contributed by atoms with Crippen molar-refractivity contribution in [1.82, 2.24) is 14.8 Å². The third-order valence-corrected chi connectivity index (χ3v) is 5.79. The number of piperidine rings is 1. The summed E-state index contributed by atoms with van der Waals surface area (Å²) in [4.78, 5) is 21.3. The molecule has 3 heterocycles. The van der Waals surface area contributed by atoms with Gasteiger partial charge >= 0.3 is 0 Å². The zero-order valence-corrected chi connectivity index (χ0v) is 15.7. The van der Waals surface area contributed by atoms with Gasteiger partial charge in [0.1, 0.15) is 0 Å². The van der Waals surface area contributed by atoms with Crippen LogP contribution in [-0.2, 0) is 11.2 Å². The van der Waals surface area contributed by atoms with Gasteiger partial charge in [0.05, 0.1) is 18.8 Å². The monoisotopic (exact) mass is 365 g/mol. The zero-order chi connectivity index (χ0) is 18.5. The van der Waals surface area contributed by atoms with Gasteiger partial charge in [-0.1, -0.05) is 30.3 Å². The van der Waals surface area contributed by atoms with E-state index in [-0.39, 0.29) is 11.5 Å². The fraction of sp³-hybridized carbons (Fsp3) is 0.455. The van der Waals surface area contributed by atoms with Crippen LogP contribution in [0.15, 0.2) is 54.9 Å². The van der Waals surface area contributed by atoms with E-state index in [0.717, 1.165) is 38.9 Å². The van der Waals surface area contributed by atoms with Gasteiger partial charge in [0.2, 0.25) is 0 Å². The van der Waals surface area contributed by atoms with E-state index in [2.05, 4.69) is 40.2 Å². The largest absolute Gasteiger partial charge is 0.371 e. The minimum Gasteiger partial charge on any atom is -0.371 e. The molecule has 0 bridgehead atoms. The first-order chi connectivity index (χ1) is 13.2. The van der Waals surface area contributed by atoms with E-state index in [1.807, 2.05) is 4.90 Å². The van der Waals surface area contributed by atoms with Gasteiger partial charge in [-0.25, -0.2) is 0 Å². The summed E-state index contributed by atoms with van der Waals surface area (Å²) in [5, 5.41) is 0. The Hall–Kier alpha value is -2.24. The molecule has 0 radical (unpaired) electrons. The van der Waals surface area contributed by atoms with Crippen LogP contribution >= 0.6 is 0 Å². The molecular formula is C22H27N3O2. The number of morpholine rings is 1. The molecule has 2 fully saturated rings. The van der Waals surface area contributed by atoms with Crippen molar-refractivity contribution >= 4 is 5.91 Å². The van der Waals surface area contributed by atoms with Gasteiger partial charge < -0.3 is 14.5 Å². The van der Waals surface area contributed by atoms with Crippen molar-refractivity contribution in [2.75, 3.05) is 39.3 Å². The standard InChI is InChI=1S/C22H27N3O2/c26-21(20-6-11-23-12-7-20)25-16-17-27-22(18-25)9-14-24(15-10-22)13-8-19-4-2-1-3-5-19/h1-7,11-12H,8-10,13-18H2. The molecule has 0 N–H and O–H groups in total. The van der Waals surface area contributed by atoms with Crippen LogP contribution in [0.5, 0.6) is 0 Å². The van der Waals surface area contributed by atoms with E-state index < -0.39 is 0 Å². The highest BCUT2D eigenvalue weighted by atomic mass is 16.5. The fourth-order valence-electron chi connectivity index (χ4n) is 4.11. The lowest BCUT2D eigenvalue weighted by Gasteiger charge is -2.47. The number of rotatable bonds is 4. The normalized spacial score (nSPS) is 19.9. The molecule has 5 nitrogen and oxygen atoms in total. The Balaban J connectivity index is 1.31. The van der Waals surface area contributed by atoms with Gasteiger partial charge in [-0.2, -0.15) is 0 Å². The number of aromatic nitrogens is 1. The first-order valence-electron chi connectivity index (χ1n) is 9.84. The van der Waals surface area contributed by atoms with Gasteiger partial charge in [-0.3, -0.25) is 9.78 Å². The summed E-state index contributed by atoms with van der Waals surface area (Å²) in [6.07, 6.45) is 6.41. The molecule has 4 rings (SSSR count). The number of hydrogen-bond acceptors (Lipinski definition) is 4. The molecule has 2 aliphatic rings. The van der Waals surface area contributed by atoms with Crippen molar-refractivity contribution < 1.29 is 9.53 Å². The highest BCUT2D eigenvalue weighted by Gasteiger charge is 2.40. The molecule has 0 aliphatic carbocycles. The zero-order valence-electron chi connectivity index (χ0n) is 15.7. The van der Waals surface area contributed by atoms with Crippen molar-refractivity contribution in [3.8, 4) is 0 Å². The molecule has 1 amide bonds. The molecule has 2 saturated heterocycles. The van der Waals surface area contributed by atoms with Gasteiger partial charge in [0.15, 0.2) is 0 Å². The molecule has 1 spiro atoms. The Morgan fingerprint density at radius 3 is 2.52 bits per heavy atom. The first-order valence-corrected chi connectivity index (χ1v) is 9.84. The molecule has 0 unspecified atom stereocenters. The molecule has 27 heavy (non-hydrogen) atoms. The Kier molecular flexibility index (Phi) is 5.50. The molecule has 2 aromatic rings. The summed E-state index contributed by atoms with van der Waals surface area (Å²) in [5.74, 6) is 0.0894. The number of pyridine rings is 1. The maximum Gasteiger partial charge on any atom is 0.254 e.